The number of carboxylic acid groups (broad SMARTS) is 1. The molecule has 0 bridgehead atoms. The lowest BCUT2D eigenvalue weighted by atomic mass is 10.3. The van der Waals surface area contributed by atoms with E-state index in [1.54, 1.807) is 0 Å². The Kier molecular flexibility index (Phi) is 3.78. The molecule has 0 radical (unpaired) electrons. The summed E-state index contributed by atoms with van der Waals surface area (Å²) in [6, 6.07) is -0.867. The van der Waals surface area contributed by atoms with Gasteiger partial charge in [0.2, 0.25) is 5.91 Å². The predicted octanol–water partition coefficient (Wildman–Crippen LogP) is -0.743. The van der Waals surface area contributed by atoms with E-state index in [4.69, 9.17) is 5.11 Å². The van der Waals surface area contributed by atoms with E-state index in [-0.39, 0.29) is 12.3 Å². The first kappa shape index (κ1) is 11.2. The number of nitrogens with zero attached hydrogens (tertiary/aromatic N) is 3. The van der Waals surface area contributed by atoms with Crippen LogP contribution in [0.3, 0.4) is 0 Å². The van der Waals surface area contributed by atoms with Crippen molar-refractivity contribution in [2.45, 2.75) is 25.9 Å². The van der Waals surface area contributed by atoms with E-state index in [0.717, 1.165) is 0 Å². The van der Waals surface area contributed by atoms with E-state index in [1.165, 1.54) is 24.3 Å². The zero-order chi connectivity index (χ0) is 11.3. The summed E-state index contributed by atoms with van der Waals surface area (Å²) in [5, 5.41) is 14.7. The van der Waals surface area contributed by atoms with Crippen LogP contribution in [0.25, 0.3) is 0 Å². The molecule has 0 saturated heterocycles. The van der Waals surface area contributed by atoms with Crippen LogP contribution in [-0.4, -0.2) is 37.8 Å². The largest absolute Gasteiger partial charge is 0.480 e. The minimum Gasteiger partial charge on any atom is -0.480 e. The van der Waals surface area contributed by atoms with Crippen molar-refractivity contribution in [1.29, 1.82) is 0 Å². The summed E-state index contributed by atoms with van der Waals surface area (Å²) in [6.07, 6.45) is 3.05. The third-order valence-electron chi connectivity index (χ3n) is 1.78. The van der Waals surface area contributed by atoms with Crippen LogP contribution in [0.2, 0.25) is 0 Å². The first-order chi connectivity index (χ1) is 7.09. The van der Waals surface area contributed by atoms with Crippen LogP contribution >= 0.6 is 0 Å². The second-order valence-electron chi connectivity index (χ2n) is 3.04. The average Bonchev–Trinajstić information content (AvgIpc) is 2.66. The fourth-order valence-electron chi connectivity index (χ4n) is 0.940. The predicted molar refractivity (Wildman–Crippen MR) is 49.9 cm³/mol. The van der Waals surface area contributed by atoms with E-state index in [1.807, 2.05) is 0 Å². The first-order valence-electron chi connectivity index (χ1n) is 4.44. The van der Waals surface area contributed by atoms with Gasteiger partial charge < -0.3 is 10.4 Å². The highest BCUT2D eigenvalue weighted by Crippen LogP contribution is 1.89. The van der Waals surface area contributed by atoms with Crippen molar-refractivity contribution in [3.05, 3.63) is 12.7 Å². The molecule has 1 atom stereocenters. The van der Waals surface area contributed by atoms with Crippen LogP contribution in [-0.2, 0) is 16.1 Å². The number of nitrogens with one attached hydrogen (secondary N) is 1. The van der Waals surface area contributed by atoms with Gasteiger partial charge in [-0.05, 0) is 6.92 Å². The zero-order valence-electron chi connectivity index (χ0n) is 8.25. The summed E-state index contributed by atoms with van der Waals surface area (Å²) < 4.78 is 1.50. The van der Waals surface area contributed by atoms with Crippen LogP contribution in [0.4, 0.5) is 0 Å². The van der Waals surface area contributed by atoms with Crippen molar-refractivity contribution in [3.8, 4) is 0 Å². The molecule has 0 saturated carbocycles. The van der Waals surface area contributed by atoms with Gasteiger partial charge in [0.1, 0.15) is 18.7 Å². The first-order valence-corrected chi connectivity index (χ1v) is 4.44. The van der Waals surface area contributed by atoms with Crippen molar-refractivity contribution < 1.29 is 14.7 Å². The Hall–Kier alpha value is -1.92. The van der Waals surface area contributed by atoms with Gasteiger partial charge in [-0.15, -0.1) is 0 Å². The molecular formula is C8H12N4O3. The number of aliphatic carboxylic acids is 1. The quantitative estimate of drug-likeness (QED) is 0.669. The number of carboxylic acids is 1. The van der Waals surface area contributed by atoms with Crippen LogP contribution in [0.1, 0.15) is 13.3 Å². The number of amides is 1. The number of carbonyl (C=O) groups is 2. The molecule has 0 fully saturated rings. The van der Waals surface area contributed by atoms with Gasteiger partial charge in [-0.2, -0.15) is 5.10 Å². The maximum atomic E-state index is 11.2. The van der Waals surface area contributed by atoms with Gasteiger partial charge in [0, 0.05) is 6.42 Å². The SMILES string of the molecule is C[C@H](NC(=O)CCn1cncn1)C(=O)O. The van der Waals surface area contributed by atoms with Gasteiger partial charge in [-0.3, -0.25) is 14.3 Å². The van der Waals surface area contributed by atoms with E-state index >= 15 is 0 Å². The van der Waals surface area contributed by atoms with Crippen molar-refractivity contribution in [3.63, 3.8) is 0 Å². The number of aromatic nitrogens is 3. The van der Waals surface area contributed by atoms with Crippen molar-refractivity contribution >= 4 is 11.9 Å². The molecule has 0 unspecified atom stereocenters. The summed E-state index contributed by atoms with van der Waals surface area (Å²) in [6.45, 7) is 1.80. The number of rotatable bonds is 5. The number of hydrogen-bond donors (Lipinski definition) is 2. The van der Waals surface area contributed by atoms with E-state index < -0.39 is 12.0 Å². The molecule has 0 aliphatic rings. The van der Waals surface area contributed by atoms with Gasteiger partial charge in [0.15, 0.2) is 0 Å². The Labute approximate surface area is 86.1 Å². The Morgan fingerprint density at radius 2 is 2.33 bits per heavy atom. The average molecular weight is 212 g/mol. The molecule has 1 aromatic heterocycles. The molecular weight excluding hydrogens is 200 g/mol. The van der Waals surface area contributed by atoms with E-state index in [9.17, 15) is 9.59 Å². The summed E-state index contributed by atoms with van der Waals surface area (Å²) in [4.78, 5) is 25.4. The van der Waals surface area contributed by atoms with Crippen LogP contribution in [0.15, 0.2) is 12.7 Å². The fraction of sp³-hybridized carbons (Fsp3) is 0.500. The highest BCUT2D eigenvalue weighted by atomic mass is 16.4. The third kappa shape index (κ3) is 3.75. The van der Waals surface area contributed by atoms with Gasteiger partial charge in [-0.25, -0.2) is 4.98 Å². The van der Waals surface area contributed by atoms with Crippen molar-refractivity contribution in [1.82, 2.24) is 20.1 Å². The number of carbonyl (C=O) groups excluding carboxylic acids is 1. The Morgan fingerprint density at radius 3 is 2.87 bits per heavy atom. The molecule has 7 heteroatoms. The maximum absolute atomic E-state index is 11.2. The summed E-state index contributed by atoms with van der Waals surface area (Å²) in [5.41, 5.74) is 0. The molecule has 1 heterocycles. The molecule has 0 aliphatic carbocycles. The lowest BCUT2D eigenvalue weighted by Crippen LogP contribution is -2.38. The molecule has 15 heavy (non-hydrogen) atoms. The van der Waals surface area contributed by atoms with Crippen LogP contribution < -0.4 is 5.32 Å². The number of hydrogen-bond acceptors (Lipinski definition) is 4. The standard InChI is InChI=1S/C8H12N4O3/c1-6(8(14)15)11-7(13)2-3-12-5-9-4-10-12/h4-6H,2-3H2,1H3,(H,11,13)(H,14,15)/t6-/m0/s1. The Morgan fingerprint density at radius 1 is 1.60 bits per heavy atom. The molecule has 1 amide bonds. The smallest absolute Gasteiger partial charge is 0.325 e. The summed E-state index contributed by atoms with van der Waals surface area (Å²) in [5.74, 6) is -1.37. The van der Waals surface area contributed by atoms with Gasteiger partial charge in [0.05, 0.1) is 6.54 Å². The van der Waals surface area contributed by atoms with Crippen LogP contribution in [0.5, 0.6) is 0 Å². The lowest BCUT2D eigenvalue weighted by Gasteiger charge is -2.08. The molecule has 2 N–H and O–H groups in total. The van der Waals surface area contributed by atoms with Crippen LogP contribution in [0, 0.1) is 0 Å². The molecule has 1 rings (SSSR count). The monoisotopic (exact) mass is 212 g/mol. The fourth-order valence-corrected chi connectivity index (χ4v) is 0.940. The van der Waals surface area contributed by atoms with E-state index in [2.05, 4.69) is 15.4 Å². The molecule has 7 nitrogen and oxygen atoms in total. The minimum atomic E-state index is -1.05. The van der Waals surface area contributed by atoms with Gasteiger partial charge >= 0.3 is 5.97 Å². The molecule has 0 spiro atoms. The number of aryl methyl sites for hydroxylation is 1. The lowest BCUT2D eigenvalue weighted by molar-refractivity contribution is -0.141. The third-order valence-corrected chi connectivity index (χ3v) is 1.78. The van der Waals surface area contributed by atoms with Crippen molar-refractivity contribution in [2.75, 3.05) is 0 Å². The van der Waals surface area contributed by atoms with Gasteiger partial charge in [0.25, 0.3) is 0 Å². The second kappa shape index (κ2) is 5.08. The molecule has 1 aromatic rings. The van der Waals surface area contributed by atoms with E-state index in [0.29, 0.717) is 6.54 Å². The minimum absolute atomic E-state index is 0.182. The summed E-state index contributed by atoms with van der Waals surface area (Å²) >= 11 is 0. The molecule has 0 aromatic carbocycles. The van der Waals surface area contributed by atoms with Gasteiger partial charge in [-0.1, -0.05) is 0 Å². The Bertz CT molecular complexity index is 336. The topological polar surface area (TPSA) is 97.1 Å². The highest BCUT2D eigenvalue weighted by Gasteiger charge is 2.13. The van der Waals surface area contributed by atoms with Crippen molar-refractivity contribution in [2.24, 2.45) is 0 Å². The molecule has 0 aliphatic heterocycles. The second-order valence-corrected chi connectivity index (χ2v) is 3.04. The normalized spacial score (nSPS) is 12.1. The summed E-state index contributed by atoms with van der Waals surface area (Å²) in [7, 11) is 0. The Balaban J connectivity index is 2.28. The maximum Gasteiger partial charge on any atom is 0.325 e. The molecule has 82 valence electrons. The zero-order valence-corrected chi connectivity index (χ0v) is 8.25. The highest BCUT2D eigenvalue weighted by molar-refractivity contribution is 5.83.